The largest absolute Gasteiger partial charge is 0.399 e. The number of aryl methyl sites for hydroxylation is 1. The van der Waals surface area contributed by atoms with E-state index in [-0.39, 0.29) is 11.3 Å². The lowest BCUT2D eigenvalue weighted by atomic mass is 10.0. The first-order chi connectivity index (χ1) is 8.40. The van der Waals surface area contributed by atoms with Crippen LogP contribution in [0.4, 0.5) is 10.1 Å². The molecule has 0 fully saturated rings. The van der Waals surface area contributed by atoms with E-state index in [2.05, 4.69) is 31.9 Å². The van der Waals surface area contributed by atoms with Gasteiger partial charge in [-0.2, -0.15) is 0 Å². The molecule has 0 aliphatic rings. The second-order valence-electron chi connectivity index (χ2n) is 3.77. The van der Waals surface area contributed by atoms with Crippen molar-refractivity contribution >= 4 is 54.7 Å². The average molecular weight is 393 g/mol. The molecule has 18 heavy (non-hydrogen) atoms. The first kappa shape index (κ1) is 13.7. The van der Waals surface area contributed by atoms with Crippen LogP contribution in [0, 0.1) is 12.7 Å². The van der Waals surface area contributed by atoms with Crippen molar-refractivity contribution in [3.8, 4) is 0 Å². The van der Waals surface area contributed by atoms with Gasteiger partial charge in [0.2, 0.25) is 0 Å². The van der Waals surface area contributed by atoms with Crippen molar-refractivity contribution in [3.63, 3.8) is 0 Å². The minimum atomic E-state index is -0.525. The van der Waals surface area contributed by atoms with E-state index in [0.717, 1.165) is 3.79 Å². The molecule has 6 heteroatoms. The van der Waals surface area contributed by atoms with Crippen LogP contribution in [0.25, 0.3) is 0 Å². The zero-order valence-electron chi connectivity index (χ0n) is 9.26. The number of anilines is 1. The summed E-state index contributed by atoms with van der Waals surface area (Å²) < 4.78 is 15.4. The number of carbonyl (C=O) groups is 1. The summed E-state index contributed by atoms with van der Waals surface area (Å²) in [5.74, 6) is -0.903. The molecule has 1 heterocycles. The third-order valence-corrected chi connectivity index (χ3v) is 4.76. The van der Waals surface area contributed by atoms with Gasteiger partial charge in [0.05, 0.1) is 13.1 Å². The van der Waals surface area contributed by atoms with Crippen molar-refractivity contribution < 1.29 is 9.18 Å². The molecule has 2 rings (SSSR count). The molecule has 0 aliphatic carbocycles. The average Bonchev–Trinajstić information content (AvgIpc) is 2.62. The van der Waals surface area contributed by atoms with E-state index in [1.807, 2.05) is 0 Å². The van der Waals surface area contributed by atoms with Crippen LogP contribution in [0.2, 0.25) is 0 Å². The molecule has 0 saturated heterocycles. The molecule has 1 aromatic heterocycles. The predicted molar refractivity (Wildman–Crippen MR) is 78.7 cm³/mol. The first-order valence-electron chi connectivity index (χ1n) is 4.95. The van der Waals surface area contributed by atoms with E-state index in [1.165, 1.54) is 23.5 Å². The number of thiophene rings is 1. The summed E-state index contributed by atoms with van der Waals surface area (Å²) >= 11 is 7.94. The molecule has 2 nitrogen and oxygen atoms in total. The van der Waals surface area contributed by atoms with Crippen molar-refractivity contribution in [3.05, 3.63) is 48.3 Å². The van der Waals surface area contributed by atoms with Crippen LogP contribution in [0.3, 0.4) is 0 Å². The highest BCUT2D eigenvalue weighted by Gasteiger charge is 2.20. The van der Waals surface area contributed by atoms with E-state index in [9.17, 15) is 9.18 Å². The Morgan fingerprint density at radius 2 is 1.94 bits per heavy atom. The van der Waals surface area contributed by atoms with E-state index in [1.54, 1.807) is 13.0 Å². The highest BCUT2D eigenvalue weighted by atomic mass is 79.9. The fourth-order valence-corrected chi connectivity index (χ4v) is 4.40. The number of carbonyl (C=O) groups excluding carboxylic acids is 1. The van der Waals surface area contributed by atoms with Crippen LogP contribution >= 0.6 is 43.2 Å². The Kier molecular flexibility index (Phi) is 3.89. The van der Waals surface area contributed by atoms with E-state index in [0.29, 0.717) is 20.6 Å². The SMILES string of the molecule is Cc1cc(N)cc(C(=O)c2cc(Br)sc2Br)c1F. The quantitative estimate of drug-likeness (QED) is 0.602. The minimum absolute atomic E-state index is 0.00139. The fourth-order valence-electron chi connectivity index (χ4n) is 1.60. The number of rotatable bonds is 2. The van der Waals surface area contributed by atoms with Gasteiger partial charge in [-0.15, -0.1) is 11.3 Å². The number of benzene rings is 1. The van der Waals surface area contributed by atoms with Gasteiger partial charge in [-0.1, -0.05) is 0 Å². The van der Waals surface area contributed by atoms with Crippen molar-refractivity contribution in [2.75, 3.05) is 5.73 Å². The van der Waals surface area contributed by atoms with Gasteiger partial charge in [0.15, 0.2) is 5.78 Å². The van der Waals surface area contributed by atoms with Crippen LogP contribution in [0.1, 0.15) is 21.5 Å². The molecule has 2 aromatic rings. The van der Waals surface area contributed by atoms with E-state index >= 15 is 0 Å². The Morgan fingerprint density at radius 1 is 1.28 bits per heavy atom. The standard InChI is InChI=1S/C12H8Br2FNOS/c1-5-2-6(16)3-7(10(5)15)11(17)8-4-9(13)18-12(8)14/h2-4H,16H2,1H3. The molecule has 2 N–H and O–H groups in total. The molecule has 0 unspecified atom stereocenters. The lowest BCUT2D eigenvalue weighted by Gasteiger charge is -2.06. The Balaban J connectivity index is 2.56. The molecular formula is C12H8Br2FNOS. The van der Waals surface area contributed by atoms with Gasteiger partial charge >= 0.3 is 0 Å². The van der Waals surface area contributed by atoms with Crippen molar-refractivity contribution in [1.82, 2.24) is 0 Å². The lowest BCUT2D eigenvalue weighted by Crippen LogP contribution is -2.06. The normalized spacial score (nSPS) is 10.7. The molecule has 94 valence electrons. The molecule has 0 aliphatic heterocycles. The summed E-state index contributed by atoms with van der Waals surface area (Å²) in [7, 11) is 0. The van der Waals surface area contributed by atoms with E-state index in [4.69, 9.17) is 5.73 Å². The maximum atomic E-state index is 14.0. The Bertz CT molecular complexity index is 639. The highest BCUT2D eigenvalue weighted by molar-refractivity contribution is 9.12. The summed E-state index contributed by atoms with van der Waals surface area (Å²) in [6, 6.07) is 4.53. The van der Waals surface area contributed by atoms with Gasteiger partial charge in [0.25, 0.3) is 0 Å². The van der Waals surface area contributed by atoms with Crippen LogP contribution < -0.4 is 5.73 Å². The second kappa shape index (κ2) is 5.11. The molecule has 0 spiro atoms. The van der Waals surface area contributed by atoms with Gasteiger partial charge < -0.3 is 5.73 Å². The van der Waals surface area contributed by atoms with Gasteiger partial charge in [-0.05, 0) is 62.5 Å². The Labute approximate surface area is 124 Å². The van der Waals surface area contributed by atoms with Crippen LogP contribution in [0.5, 0.6) is 0 Å². The molecular weight excluding hydrogens is 385 g/mol. The second-order valence-corrected chi connectivity index (χ2v) is 7.52. The molecule has 0 amide bonds. The van der Waals surface area contributed by atoms with Crippen molar-refractivity contribution in [2.45, 2.75) is 6.92 Å². The number of hydrogen-bond acceptors (Lipinski definition) is 3. The Hall–Kier alpha value is -0.720. The van der Waals surface area contributed by atoms with Crippen LogP contribution in [-0.2, 0) is 0 Å². The van der Waals surface area contributed by atoms with E-state index < -0.39 is 5.82 Å². The van der Waals surface area contributed by atoms with Crippen molar-refractivity contribution in [1.29, 1.82) is 0 Å². The molecule has 1 aromatic carbocycles. The van der Waals surface area contributed by atoms with Gasteiger partial charge in [-0.3, -0.25) is 4.79 Å². The summed E-state index contributed by atoms with van der Waals surface area (Å²) in [6.45, 7) is 1.58. The smallest absolute Gasteiger partial charge is 0.198 e. The minimum Gasteiger partial charge on any atom is -0.399 e. The third-order valence-electron chi connectivity index (χ3n) is 2.42. The van der Waals surface area contributed by atoms with Gasteiger partial charge in [-0.25, -0.2) is 4.39 Å². The predicted octanol–water partition coefficient (Wildman–Crippen LogP) is 4.53. The monoisotopic (exact) mass is 391 g/mol. The highest BCUT2D eigenvalue weighted by Crippen LogP contribution is 2.34. The summed E-state index contributed by atoms with van der Waals surface area (Å²) in [6.07, 6.45) is 0. The summed E-state index contributed by atoms with van der Waals surface area (Å²) in [5.41, 5.74) is 6.82. The number of hydrogen-bond donors (Lipinski definition) is 1. The first-order valence-corrected chi connectivity index (χ1v) is 7.35. The summed E-state index contributed by atoms with van der Waals surface area (Å²) in [5, 5.41) is 0. The van der Waals surface area contributed by atoms with Gasteiger partial charge in [0.1, 0.15) is 5.82 Å². The maximum absolute atomic E-state index is 14.0. The Morgan fingerprint density at radius 3 is 2.50 bits per heavy atom. The van der Waals surface area contributed by atoms with Gasteiger partial charge in [0, 0.05) is 11.3 Å². The molecule has 0 atom stereocenters. The van der Waals surface area contributed by atoms with Crippen LogP contribution in [0.15, 0.2) is 25.8 Å². The third kappa shape index (κ3) is 2.50. The molecule has 0 radical (unpaired) electrons. The molecule has 0 saturated carbocycles. The zero-order valence-corrected chi connectivity index (χ0v) is 13.2. The van der Waals surface area contributed by atoms with Crippen molar-refractivity contribution in [2.24, 2.45) is 0 Å². The number of nitrogen functional groups attached to an aromatic ring is 1. The molecule has 0 bridgehead atoms. The number of ketones is 1. The summed E-state index contributed by atoms with van der Waals surface area (Å²) in [4.78, 5) is 12.3. The fraction of sp³-hybridized carbons (Fsp3) is 0.0833. The topological polar surface area (TPSA) is 43.1 Å². The zero-order chi connectivity index (χ0) is 13.4. The number of halogens is 3. The number of nitrogens with two attached hydrogens (primary N) is 1. The lowest BCUT2D eigenvalue weighted by molar-refractivity contribution is 0.103. The maximum Gasteiger partial charge on any atom is 0.198 e. The van der Waals surface area contributed by atoms with Crippen LogP contribution in [-0.4, -0.2) is 5.78 Å².